The van der Waals surface area contributed by atoms with Gasteiger partial charge < -0.3 is 15.4 Å². The van der Waals surface area contributed by atoms with Crippen LogP contribution in [0.3, 0.4) is 0 Å². The van der Waals surface area contributed by atoms with Crippen LogP contribution in [0.15, 0.2) is 24.3 Å². The van der Waals surface area contributed by atoms with Crippen LogP contribution in [-0.2, 0) is 4.79 Å². The van der Waals surface area contributed by atoms with E-state index in [1.54, 1.807) is 12.1 Å². The van der Waals surface area contributed by atoms with Crippen LogP contribution in [0.4, 0.5) is 4.39 Å². The number of amides is 1. The van der Waals surface area contributed by atoms with E-state index in [2.05, 4.69) is 0 Å². The fourth-order valence-corrected chi connectivity index (χ4v) is 2.09. The Bertz CT molecular complexity index is 414. The Hall–Kier alpha value is -1.62. The first kappa shape index (κ1) is 13.8. The third-order valence-corrected chi connectivity index (χ3v) is 3.29. The van der Waals surface area contributed by atoms with Crippen LogP contribution in [0, 0.1) is 5.82 Å². The van der Waals surface area contributed by atoms with E-state index in [1.165, 1.54) is 12.1 Å². The number of carbonyl (C=O) groups excluding carboxylic acids is 1. The van der Waals surface area contributed by atoms with Gasteiger partial charge in [0.15, 0.2) is 0 Å². The number of hydrogen-bond donors (Lipinski definition) is 1. The Balaban J connectivity index is 1.70. The minimum atomic E-state index is -0.298. The number of nitrogens with two attached hydrogens (primary N) is 1. The predicted octanol–water partition coefficient (Wildman–Crippen LogP) is 1.54. The summed E-state index contributed by atoms with van der Waals surface area (Å²) >= 11 is 0. The molecule has 1 aliphatic heterocycles. The topological polar surface area (TPSA) is 55.6 Å². The molecule has 1 saturated heterocycles. The Labute approximate surface area is 112 Å². The van der Waals surface area contributed by atoms with Crippen LogP contribution in [0.1, 0.15) is 19.3 Å². The number of halogens is 1. The summed E-state index contributed by atoms with van der Waals surface area (Å²) in [6.45, 7) is 1.78. The molecule has 1 aromatic carbocycles. The van der Waals surface area contributed by atoms with Gasteiger partial charge in [-0.25, -0.2) is 4.39 Å². The van der Waals surface area contributed by atoms with Gasteiger partial charge in [0.05, 0.1) is 13.0 Å². The van der Waals surface area contributed by atoms with Gasteiger partial charge in [0.25, 0.3) is 0 Å². The third-order valence-electron chi connectivity index (χ3n) is 3.29. The van der Waals surface area contributed by atoms with Gasteiger partial charge in [-0.3, -0.25) is 4.79 Å². The van der Waals surface area contributed by atoms with Crippen molar-refractivity contribution < 1.29 is 13.9 Å². The molecule has 0 saturated carbocycles. The average Bonchev–Trinajstić information content (AvgIpc) is 2.41. The molecule has 1 heterocycles. The van der Waals surface area contributed by atoms with E-state index in [9.17, 15) is 9.18 Å². The number of carbonyl (C=O) groups is 1. The molecule has 1 fully saturated rings. The second-order valence-corrected chi connectivity index (χ2v) is 4.77. The molecule has 0 unspecified atom stereocenters. The fraction of sp³-hybridized carbons (Fsp3) is 0.500. The van der Waals surface area contributed by atoms with Crippen LogP contribution in [0.5, 0.6) is 5.75 Å². The lowest BCUT2D eigenvalue weighted by Gasteiger charge is -2.30. The molecule has 0 spiro atoms. The Morgan fingerprint density at radius 2 is 1.95 bits per heavy atom. The van der Waals surface area contributed by atoms with Crippen molar-refractivity contribution in [1.29, 1.82) is 0 Å². The van der Waals surface area contributed by atoms with Crippen LogP contribution in [0.2, 0.25) is 0 Å². The molecule has 0 atom stereocenters. The highest BCUT2D eigenvalue weighted by Gasteiger charge is 2.20. The molecule has 2 N–H and O–H groups in total. The molecule has 1 aliphatic rings. The van der Waals surface area contributed by atoms with Crippen LogP contribution >= 0.6 is 0 Å². The zero-order valence-corrected chi connectivity index (χ0v) is 10.8. The first-order chi connectivity index (χ1) is 9.15. The molecule has 104 valence electrons. The van der Waals surface area contributed by atoms with E-state index >= 15 is 0 Å². The number of hydrogen-bond acceptors (Lipinski definition) is 3. The number of piperidine rings is 1. The highest BCUT2D eigenvalue weighted by Crippen LogP contribution is 2.12. The van der Waals surface area contributed by atoms with Crippen LogP contribution in [0.25, 0.3) is 0 Å². The highest BCUT2D eigenvalue weighted by molar-refractivity contribution is 5.76. The number of benzene rings is 1. The largest absolute Gasteiger partial charge is 0.493 e. The lowest BCUT2D eigenvalue weighted by atomic mass is 10.1. The van der Waals surface area contributed by atoms with Crippen LogP contribution in [-0.4, -0.2) is 36.5 Å². The normalized spacial score (nSPS) is 16.4. The third kappa shape index (κ3) is 4.21. The second kappa shape index (κ2) is 6.52. The zero-order chi connectivity index (χ0) is 13.7. The number of likely N-dealkylation sites (tertiary alicyclic amines) is 1. The minimum absolute atomic E-state index is 0.0917. The van der Waals surface area contributed by atoms with Crippen molar-refractivity contribution in [3.8, 4) is 5.75 Å². The summed E-state index contributed by atoms with van der Waals surface area (Å²) in [5.41, 5.74) is 5.79. The van der Waals surface area contributed by atoms with Crippen molar-refractivity contribution in [2.45, 2.75) is 25.3 Å². The van der Waals surface area contributed by atoms with Crippen LogP contribution < -0.4 is 10.5 Å². The smallest absolute Gasteiger partial charge is 0.225 e. The molecular formula is C14H19FN2O2. The summed E-state index contributed by atoms with van der Waals surface area (Å²) in [7, 11) is 0. The van der Waals surface area contributed by atoms with E-state index in [4.69, 9.17) is 10.5 Å². The molecule has 5 heteroatoms. The Morgan fingerprint density at radius 1 is 1.32 bits per heavy atom. The molecule has 0 aliphatic carbocycles. The standard InChI is InChI=1S/C14H19FN2O2/c15-11-1-3-13(4-2-11)19-10-7-14(18)17-8-5-12(16)6-9-17/h1-4,12H,5-10,16H2. The van der Waals surface area contributed by atoms with E-state index < -0.39 is 0 Å². The van der Waals surface area contributed by atoms with E-state index in [-0.39, 0.29) is 17.8 Å². The Kier molecular flexibility index (Phi) is 4.74. The molecule has 19 heavy (non-hydrogen) atoms. The maximum absolute atomic E-state index is 12.7. The van der Waals surface area contributed by atoms with Gasteiger partial charge in [-0.05, 0) is 37.1 Å². The molecule has 0 aromatic heterocycles. The second-order valence-electron chi connectivity index (χ2n) is 4.77. The van der Waals surface area contributed by atoms with Crippen molar-refractivity contribution in [2.75, 3.05) is 19.7 Å². The summed E-state index contributed by atoms with van der Waals surface area (Å²) in [6, 6.07) is 6.01. The number of nitrogens with zero attached hydrogens (tertiary/aromatic N) is 1. The molecule has 0 bridgehead atoms. The van der Waals surface area contributed by atoms with Crippen molar-refractivity contribution in [2.24, 2.45) is 5.73 Å². The molecule has 1 aromatic rings. The minimum Gasteiger partial charge on any atom is -0.493 e. The maximum Gasteiger partial charge on any atom is 0.225 e. The van der Waals surface area contributed by atoms with Gasteiger partial charge >= 0.3 is 0 Å². The van der Waals surface area contributed by atoms with Gasteiger partial charge in [0, 0.05) is 19.1 Å². The van der Waals surface area contributed by atoms with Gasteiger partial charge in [0.2, 0.25) is 5.91 Å². The van der Waals surface area contributed by atoms with Crippen molar-refractivity contribution in [3.63, 3.8) is 0 Å². The molecule has 1 amide bonds. The lowest BCUT2D eigenvalue weighted by molar-refractivity contribution is -0.132. The summed E-state index contributed by atoms with van der Waals surface area (Å²) in [5.74, 6) is 0.372. The number of ether oxygens (including phenoxy) is 1. The molecule has 0 radical (unpaired) electrons. The Morgan fingerprint density at radius 3 is 2.58 bits per heavy atom. The monoisotopic (exact) mass is 266 g/mol. The van der Waals surface area contributed by atoms with Crippen molar-refractivity contribution in [1.82, 2.24) is 4.90 Å². The molecular weight excluding hydrogens is 247 g/mol. The van der Waals surface area contributed by atoms with Gasteiger partial charge in [0.1, 0.15) is 11.6 Å². The van der Waals surface area contributed by atoms with E-state index in [1.807, 2.05) is 4.90 Å². The fourth-order valence-electron chi connectivity index (χ4n) is 2.09. The molecule has 4 nitrogen and oxygen atoms in total. The van der Waals surface area contributed by atoms with E-state index in [0.29, 0.717) is 18.8 Å². The number of rotatable bonds is 4. The van der Waals surface area contributed by atoms with Crippen molar-refractivity contribution in [3.05, 3.63) is 30.1 Å². The maximum atomic E-state index is 12.7. The summed E-state index contributed by atoms with van der Waals surface area (Å²) in [6.07, 6.45) is 2.07. The first-order valence-electron chi connectivity index (χ1n) is 6.57. The average molecular weight is 266 g/mol. The molecule has 2 rings (SSSR count). The van der Waals surface area contributed by atoms with E-state index in [0.717, 1.165) is 25.9 Å². The summed E-state index contributed by atoms with van der Waals surface area (Å²) < 4.78 is 18.1. The van der Waals surface area contributed by atoms with Gasteiger partial charge in [-0.2, -0.15) is 0 Å². The summed E-state index contributed by atoms with van der Waals surface area (Å²) in [5, 5.41) is 0. The lowest BCUT2D eigenvalue weighted by Crippen LogP contribution is -2.43. The predicted molar refractivity (Wildman–Crippen MR) is 70.3 cm³/mol. The SMILES string of the molecule is NC1CCN(C(=O)CCOc2ccc(F)cc2)CC1. The highest BCUT2D eigenvalue weighted by atomic mass is 19.1. The quantitative estimate of drug-likeness (QED) is 0.899. The summed E-state index contributed by atoms with van der Waals surface area (Å²) in [4.78, 5) is 13.7. The van der Waals surface area contributed by atoms with Crippen molar-refractivity contribution >= 4 is 5.91 Å². The van der Waals surface area contributed by atoms with Gasteiger partial charge in [-0.15, -0.1) is 0 Å². The van der Waals surface area contributed by atoms with Gasteiger partial charge in [-0.1, -0.05) is 0 Å². The zero-order valence-electron chi connectivity index (χ0n) is 10.8. The first-order valence-corrected chi connectivity index (χ1v) is 6.57.